The number of rotatable bonds is 2. The van der Waals surface area contributed by atoms with E-state index in [1.165, 1.54) is 0 Å². The normalized spacial score (nSPS) is 10.9. The summed E-state index contributed by atoms with van der Waals surface area (Å²) in [5.74, 6) is -0.708. The molecule has 1 aromatic rings. The number of benzene rings is 1. The average molecular weight is 250 g/mol. The molecular formula is C7H5BClF4K. The van der Waals surface area contributed by atoms with Gasteiger partial charge in [-0.2, -0.15) is 0 Å². The largest absolute Gasteiger partial charge is 1.00 e. The molecule has 0 amide bonds. The zero-order valence-corrected chi connectivity index (χ0v) is 11.3. The van der Waals surface area contributed by atoms with Crippen molar-refractivity contribution in [3.63, 3.8) is 0 Å². The fourth-order valence-electron chi connectivity index (χ4n) is 0.934. The minimum atomic E-state index is -4.89. The molecule has 0 aliphatic carbocycles. The smallest absolute Gasteiger partial charge is 0.449 e. The van der Waals surface area contributed by atoms with Crippen molar-refractivity contribution in [3.05, 3.63) is 34.6 Å². The van der Waals surface area contributed by atoms with Crippen LogP contribution in [0.3, 0.4) is 0 Å². The maximum atomic E-state index is 12.5. The van der Waals surface area contributed by atoms with Gasteiger partial charge in [-0.15, -0.1) is 0 Å². The molecule has 0 aromatic heterocycles. The van der Waals surface area contributed by atoms with Gasteiger partial charge in [0, 0.05) is 0 Å². The summed E-state index contributed by atoms with van der Waals surface area (Å²) in [6.07, 6.45) is -1.03. The molecule has 0 radical (unpaired) electrons. The first-order valence-corrected chi connectivity index (χ1v) is 3.91. The van der Waals surface area contributed by atoms with Gasteiger partial charge in [-0.25, -0.2) is 4.39 Å². The Hall–Kier alpha value is 0.931. The Balaban J connectivity index is 0.00000169. The van der Waals surface area contributed by atoms with E-state index in [1.54, 1.807) is 0 Å². The van der Waals surface area contributed by atoms with Crippen molar-refractivity contribution in [2.24, 2.45) is 0 Å². The van der Waals surface area contributed by atoms with Crippen LogP contribution in [0.1, 0.15) is 5.56 Å². The Kier molecular flexibility index (Phi) is 6.25. The van der Waals surface area contributed by atoms with Gasteiger partial charge < -0.3 is 12.9 Å². The van der Waals surface area contributed by atoms with E-state index in [0.717, 1.165) is 18.2 Å². The van der Waals surface area contributed by atoms with E-state index in [0.29, 0.717) is 0 Å². The molecule has 0 N–H and O–H groups in total. The molecular weight excluding hydrogens is 245 g/mol. The van der Waals surface area contributed by atoms with Gasteiger partial charge in [0.15, 0.2) is 0 Å². The molecule has 0 unspecified atom stereocenters. The van der Waals surface area contributed by atoms with Crippen LogP contribution in [0, 0.1) is 5.82 Å². The Bertz CT molecular complexity index is 315. The summed E-state index contributed by atoms with van der Waals surface area (Å²) < 4.78 is 48.2. The number of hydrogen-bond acceptors (Lipinski definition) is 0. The molecule has 0 bridgehead atoms. The van der Waals surface area contributed by atoms with E-state index < -0.39 is 19.1 Å². The van der Waals surface area contributed by atoms with Crippen LogP contribution in [0.15, 0.2) is 18.2 Å². The molecule has 1 rings (SSSR count). The van der Waals surface area contributed by atoms with Gasteiger partial charge in [-0.3, -0.25) is 0 Å². The van der Waals surface area contributed by atoms with E-state index in [2.05, 4.69) is 0 Å². The summed E-state index contributed by atoms with van der Waals surface area (Å²) in [5.41, 5.74) is -0.0149. The van der Waals surface area contributed by atoms with Gasteiger partial charge >= 0.3 is 58.4 Å². The second-order valence-electron chi connectivity index (χ2n) is 2.66. The molecule has 0 nitrogen and oxygen atoms in total. The fraction of sp³-hybridized carbons (Fsp3) is 0.143. The minimum absolute atomic E-state index is 0. The topological polar surface area (TPSA) is 0 Å². The molecule has 0 saturated heterocycles. The van der Waals surface area contributed by atoms with E-state index >= 15 is 0 Å². The molecule has 1 aromatic carbocycles. The number of halogens is 5. The van der Waals surface area contributed by atoms with Gasteiger partial charge in [-0.05, 0) is 12.1 Å². The van der Waals surface area contributed by atoms with E-state index in [-0.39, 0.29) is 62.0 Å². The summed E-state index contributed by atoms with van der Waals surface area (Å²) in [4.78, 5) is 0. The molecule has 0 atom stereocenters. The van der Waals surface area contributed by atoms with Gasteiger partial charge in [0.1, 0.15) is 5.82 Å². The molecule has 0 aliphatic heterocycles. The first-order valence-electron chi connectivity index (χ1n) is 3.53. The summed E-state index contributed by atoms with van der Waals surface area (Å²) in [7, 11) is 0. The second-order valence-corrected chi connectivity index (χ2v) is 3.07. The van der Waals surface area contributed by atoms with Crippen LogP contribution >= 0.6 is 11.6 Å². The van der Waals surface area contributed by atoms with Crippen molar-refractivity contribution in [3.8, 4) is 0 Å². The van der Waals surface area contributed by atoms with Crippen LogP contribution in [0.25, 0.3) is 0 Å². The Labute approximate surface area is 126 Å². The maximum Gasteiger partial charge on any atom is 1.00 e. The predicted molar refractivity (Wildman–Crippen MR) is 44.2 cm³/mol. The average Bonchev–Trinajstić information content (AvgIpc) is 1.94. The van der Waals surface area contributed by atoms with Crippen LogP contribution < -0.4 is 51.4 Å². The van der Waals surface area contributed by atoms with Crippen molar-refractivity contribution in [2.75, 3.05) is 0 Å². The molecule has 0 aliphatic rings. The van der Waals surface area contributed by atoms with Crippen molar-refractivity contribution >= 4 is 18.6 Å². The summed E-state index contributed by atoms with van der Waals surface area (Å²) in [6, 6.07) is 3.00. The van der Waals surface area contributed by atoms with Crippen molar-refractivity contribution in [1.82, 2.24) is 0 Å². The van der Waals surface area contributed by atoms with Crippen molar-refractivity contribution in [2.45, 2.75) is 6.32 Å². The van der Waals surface area contributed by atoms with Crippen LogP contribution in [-0.4, -0.2) is 6.98 Å². The van der Waals surface area contributed by atoms with Crippen LogP contribution in [-0.2, 0) is 6.32 Å². The third-order valence-electron chi connectivity index (χ3n) is 1.45. The monoisotopic (exact) mass is 250 g/mol. The summed E-state index contributed by atoms with van der Waals surface area (Å²) in [5, 5.41) is -0.280. The summed E-state index contributed by atoms with van der Waals surface area (Å²) in [6.45, 7) is -4.89. The molecule has 0 fully saturated rings. The molecule has 7 heteroatoms. The third-order valence-corrected chi connectivity index (χ3v) is 1.74. The van der Waals surface area contributed by atoms with E-state index in [9.17, 15) is 17.3 Å². The quantitative estimate of drug-likeness (QED) is 0.527. The van der Waals surface area contributed by atoms with Crippen LogP contribution in [0.4, 0.5) is 17.3 Å². The Morgan fingerprint density at radius 1 is 1.21 bits per heavy atom. The molecule has 0 saturated carbocycles. The first-order chi connectivity index (χ1) is 5.88. The third kappa shape index (κ3) is 5.14. The molecule has 14 heavy (non-hydrogen) atoms. The minimum Gasteiger partial charge on any atom is -0.449 e. The van der Waals surface area contributed by atoms with Gasteiger partial charge in [0.2, 0.25) is 0 Å². The standard InChI is InChI=1S/C7H5BClF4.K/c9-6-3-5(1-2-7(6)10)4-8(11,12)13;/h1-3H,4H2;/q-1;+1. The van der Waals surface area contributed by atoms with Crippen LogP contribution in [0.5, 0.6) is 0 Å². The van der Waals surface area contributed by atoms with Crippen LogP contribution in [0.2, 0.25) is 5.02 Å². The van der Waals surface area contributed by atoms with Crippen molar-refractivity contribution in [1.29, 1.82) is 0 Å². The van der Waals surface area contributed by atoms with Crippen molar-refractivity contribution < 1.29 is 68.7 Å². The van der Waals surface area contributed by atoms with Gasteiger partial charge in [-0.1, -0.05) is 29.6 Å². The molecule has 0 spiro atoms. The predicted octanol–water partition coefficient (Wildman–Crippen LogP) is 0.412. The maximum absolute atomic E-state index is 12.5. The molecule has 72 valence electrons. The fourth-order valence-corrected chi connectivity index (χ4v) is 1.14. The Morgan fingerprint density at radius 2 is 1.79 bits per heavy atom. The van der Waals surface area contributed by atoms with E-state index in [1.807, 2.05) is 0 Å². The van der Waals surface area contributed by atoms with Gasteiger partial charge in [0.25, 0.3) is 0 Å². The van der Waals surface area contributed by atoms with E-state index in [4.69, 9.17) is 11.6 Å². The SMILES string of the molecule is Fc1ccc(C[B-](F)(F)F)cc1Cl.[K+]. The molecule has 0 heterocycles. The first kappa shape index (κ1) is 14.9. The summed E-state index contributed by atoms with van der Waals surface area (Å²) >= 11 is 5.31. The second kappa shape index (κ2) is 5.86. The van der Waals surface area contributed by atoms with Gasteiger partial charge in [0.05, 0.1) is 5.02 Å². The Morgan fingerprint density at radius 3 is 2.21 bits per heavy atom. The zero-order valence-electron chi connectivity index (χ0n) is 7.41. The number of hydrogen-bond donors (Lipinski definition) is 0. The zero-order chi connectivity index (χ0) is 10.1.